The minimum Gasteiger partial charge on any atom is -0.267 e. The number of benzene rings is 1. The molecule has 2 N–H and O–H groups in total. The topological polar surface area (TPSA) is 104 Å². The Morgan fingerprint density at radius 1 is 1.00 bits per heavy atom. The van der Waals surface area contributed by atoms with Gasteiger partial charge in [0.05, 0.1) is 21.8 Å². The van der Waals surface area contributed by atoms with E-state index in [1.165, 1.54) is 18.5 Å². The molecule has 0 aliphatic rings. The van der Waals surface area contributed by atoms with E-state index >= 15 is 0 Å². The molecule has 3 rings (SSSR count). The van der Waals surface area contributed by atoms with E-state index in [-0.39, 0.29) is 11.1 Å². The smallest absolute Gasteiger partial charge is 0.267 e. The van der Waals surface area contributed by atoms with Gasteiger partial charge in [0.25, 0.3) is 11.1 Å². The van der Waals surface area contributed by atoms with Gasteiger partial charge in [-0.05, 0) is 12.1 Å². The zero-order chi connectivity index (χ0) is 11.1. The summed E-state index contributed by atoms with van der Waals surface area (Å²) >= 11 is 0. The molecule has 0 unspecified atom stereocenters. The second kappa shape index (κ2) is 2.96. The monoisotopic (exact) mass is 215 g/mol. The summed E-state index contributed by atoms with van der Waals surface area (Å²) in [6.45, 7) is 0. The first-order valence-electron chi connectivity index (χ1n) is 4.47. The van der Waals surface area contributed by atoms with Crippen molar-refractivity contribution in [1.29, 1.82) is 0 Å². The molecular formula is C9H5N5O2. The molecule has 16 heavy (non-hydrogen) atoms. The zero-order valence-corrected chi connectivity index (χ0v) is 7.89. The zero-order valence-electron chi connectivity index (χ0n) is 7.89. The highest BCUT2D eigenvalue weighted by atomic mass is 16.1. The van der Waals surface area contributed by atoms with Crippen LogP contribution in [0.1, 0.15) is 0 Å². The van der Waals surface area contributed by atoms with Crippen LogP contribution in [0.2, 0.25) is 0 Å². The SMILES string of the molecule is O=c1ncnc2cc3c(=O)[nH][nH]nc3cc12. The Morgan fingerprint density at radius 2 is 1.81 bits per heavy atom. The van der Waals surface area contributed by atoms with Gasteiger partial charge in [-0.15, -0.1) is 0 Å². The maximum atomic E-state index is 11.5. The number of hydrogen-bond donors (Lipinski definition) is 2. The number of H-pyrrole nitrogens is 2. The molecule has 0 saturated heterocycles. The Bertz CT molecular complexity index is 734. The number of aromatic nitrogens is 5. The van der Waals surface area contributed by atoms with E-state index in [0.29, 0.717) is 21.8 Å². The largest absolute Gasteiger partial charge is 0.280 e. The molecule has 7 nitrogen and oxygen atoms in total. The highest BCUT2D eigenvalue weighted by molar-refractivity contribution is 5.93. The molecule has 0 bridgehead atoms. The van der Waals surface area contributed by atoms with Gasteiger partial charge in [-0.1, -0.05) is 0 Å². The van der Waals surface area contributed by atoms with Gasteiger partial charge >= 0.3 is 0 Å². The van der Waals surface area contributed by atoms with Gasteiger partial charge in [0, 0.05) is 0 Å². The highest BCUT2D eigenvalue weighted by Crippen LogP contribution is 2.12. The van der Waals surface area contributed by atoms with E-state index in [9.17, 15) is 9.59 Å². The quantitative estimate of drug-likeness (QED) is 0.494. The minimum atomic E-state index is -0.381. The minimum absolute atomic E-state index is 0.307. The van der Waals surface area contributed by atoms with E-state index in [1.807, 2.05) is 0 Å². The molecule has 78 valence electrons. The van der Waals surface area contributed by atoms with E-state index in [2.05, 4.69) is 25.4 Å². The second-order valence-electron chi connectivity index (χ2n) is 3.24. The average molecular weight is 215 g/mol. The van der Waals surface area contributed by atoms with Gasteiger partial charge in [0.1, 0.15) is 6.33 Å². The Kier molecular flexibility index (Phi) is 1.61. The van der Waals surface area contributed by atoms with Crippen LogP contribution in [0.5, 0.6) is 0 Å². The van der Waals surface area contributed by atoms with Gasteiger partial charge in [0.2, 0.25) is 0 Å². The second-order valence-corrected chi connectivity index (χ2v) is 3.24. The van der Waals surface area contributed by atoms with Crippen molar-refractivity contribution in [3.8, 4) is 0 Å². The molecule has 0 amide bonds. The maximum Gasteiger partial charge on any atom is 0.280 e. The molecule has 0 saturated carbocycles. The van der Waals surface area contributed by atoms with E-state index in [0.717, 1.165) is 0 Å². The van der Waals surface area contributed by atoms with Crippen molar-refractivity contribution in [2.24, 2.45) is 0 Å². The van der Waals surface area contributed by atoms with E-state index in [4.69, 9.17) is 0 Å². The van der Waals surface area contributed by atoms with Crippen LogP contribution < -0.4 is 11.1 Å². The lowest BCUT2D eigenvalue weighted by Crippen LogP contribution is -2.12. The van der Waals surface area contributed by atoms with E-state index < -0.39 is 0 Å². The molecule has 3 aromatic rings. The Hall–Kier alpha value is -2.57. The van der Waals surface area contributed by atoms with Crippen LogP contribution in [0.3, 0.4) is 0 Å². The number of nitrogens with one attached hydrogen (secondary N) is 2. The van der Waals surface area contributed by atoms with Crippen LogP contribution in [-0.4, -0.2) is 25.4 Å². The Labute approximate surface area is 87.2 Å². The lowest BCUT2D eigenvalue weighted by atomic mass is 10.2. The third-order valence-electron chi connectivity index (χ3n) is 2.31. The fourth-order valence-corrected chi connectivity index (χ4v) is 1.55. The molecular weight excluding hydrogens is 210 g/mol. The summed E-state index contributed by atoms with van der Waals surface area (Å²) in [5.41, 5.74) is 0.154. The first-order chi connectivity index (χ1) is 7.75. The third kappa shape index (κ3) is 1.11. The van der Waals surface area contributed by atoms with Crippen molar-refractivity contribution in [1.82, 2.24) is 25.4 Å². The molecule has 0 fully saturated rings. The van der Waals surface area contributed by atoms with Crippen LogP contribution in [0.15, 0.2) is 28.0 Å². The molecule has 2 heterocycles. The standard InChI is InChI=1S/C9H5N5O2/c15-8-4-2-7-5(9(16)13-14-12-7)1-6(4)10-3-11-8/h1-3,14H,(H,13,16). The molecule has 0 atom stereocenters. The summed E-state index contributed by atoms with van der Waals surface area (Å²) in [7, 11) is 0. The van der Waals surface area contributed by atoms with E-state index in [1.54, 1.807) is 0 Å². The fraction of sp³-hybridized carbons (Fsp3) is 0. The summed E-state index contributed by atoms with van der Waals surface area (Å²) < 4.78 is 0. The van der Waals surface area contributed by atoms with Gasteiger partial charge in [-0.25, -0.2) is 15.3 Å². The summed E-state index contributed by atoms with van der Waals surface area (Å²) in [5.74, 6) is 0. The van der Waals surface area contributed by atoms with Crippen molar-refractivity contribution < 1.29 is 0 Å². The van der Waals surface area contributed by atoms with Gasteiger partial charge in [0.15, 0.2) is 0 Å². The third-order valence-corrected chi connectivity index (χ3v) is 2.31. The molecule has 0 radical (unpaired) electrons. The molecule has 2 aromatic heterocycles. The maximum absolute atomic E-state index is 11.5. The van der Waals surface area contributed by atoms with Crippen LogP contribution in [0.4, 0.5) is 0 Å². The predicted molar refractivity (Wildman–Crippen MR) is 56.1 cm³/mol. The van der Waals surface area contributed by atoms with Crippen LogP contribution in [0.25, 0.3) is 21.8 Å². The van der Waals surface area contributed by atoms with Gasteiger partial charge in [-0.2, -0.15) is 10.1 Å². The average Bonchev–Trinajstić information content (AvgIpc) is 2.29. The summed E-state index contributed by atoms with van der Waals surface area (Å²) in [6, 6.07) is 3.02. The number of rotatable bonds is 0. The van der Waals surface area contributed by atoms with Crippen molar-refractivity contribution in [2.75, 3.05) is 0 Å². The van der Waals surface area contributed by atoms with Crippen LogP contribution >= 0.6 is 0 Å². The van der Waals surface area contributed by atoms with Crippen molar-refractivity contribution in [2.45, 2.75) is 0 Å². The number of nitrogens with zero attached hydrogens (tertiary/aromatic N) is 3. The van der Waals surface area contributed by atoms with Crippen LogP contribution in [0, 0.1) is 0 Å². The first kappa shape index (κ1) is 8.72. The molecule has 1 aromatic carbocycles. The normalized spacial score (nSPS) is 11.0. The summed E-state index contributed by atoms with van der Waals surface area (Å²) in [6.07, 6.45) is 1.17. The number of fused-ring (bicyclic) bond motifs is 2. The molecule has 0 spiro atoms. The van der Waals surface area contributed by atoms with Crippen molar-refractivity contribution >= 4 is 21.8 Å². The van der Waals surface area contributed by atoms with Crippen molar-refractivity contribution in [3.05, 3.63) is 39.2 Å². The van der Waals surface area contributed by atoms with Crippen LogP contribution in [-0.2, 0) is 0 Å². The summed E-state index contributed by atoms with van der Waals surface area (Å²) in [4.78, 5) is 30.4. The molecule has 0 aliphatic heterocycles. The number of aromatic amines is 2. The predicted octanol–water partition coefficient (Wildman–Crippen LogP) is -0.445. The lowest BCUT2D eigenvalue weighted by molar-refractivity contribution is 0.873. The lowest BCUT2D eigenvalue weighted by Gasteiger charge is -1.97. The summed E-state index contributed by atoms with van der Waals surface area (Å²) in [5, 5.41) is 9.28. The van der Waals surface area contributed by atoms with Crippen molar-refractivity contribution in [3.63, 3.8) is 0 Å². The Morgan fingerprint density at radius 3 is 2.69 bits per heavy atom. The molecule has 0 aliphatic carbocycles. The van der Waals surface area contributed by atoms with Gasteiger partial charge in [-0.3, -0.25) is 9.59 Å². The molecule has 7 heteroatoms. The van der Waals surface area contributed by atoms with Gasteiger partial charge < -0.3 is 0 Å². The first-order valence-corrected chi connectivity index (χ1v) is 4.47. The number of hydrogen-bond acceptors (Lipinski definition) is 5. The Balaban J connectivity index is 2.65. The highest BCUT2D eigenvalue weighted by Gasteiger charge is 2.05. The fourth-order valence-electron chi connectivity index (χ4n) is 1.55.